The Morgan fingerprint density at radius 3 is 1.79 bits per heavy atom. The summed E-state index contributed by atoms with van der Waals surface area (Å²) in [6, 6.07) is 28.9. The van der Waals surface area contributed by atoms with Gasteiger partial charge < -0.3 is 19.6 Å². The summed E-state index contributed by atoms with van der Waals surface area (Å²) >= 11 is 0. The number of rotatable bonds is 6. The van der Waals surface area contributed by atoms with E-state index in [0.717, 1.165) is 48.4 Å². The zero-order chi connectivity index (χ0) is 29.8. The molecule has 6 rings (SSSR count). The van der Waals surface area contributed by atoms with E-state index in [9.17, 15) is 14.7 Å². The number of benzene rings is 3. The van der Waals surface area contributed by atoms with Crippen LogP contribution >= 0.6 is 0 Å². The van der Waals surface area contributed by atoms with Crippen molar-refractivity contribution in [2.75, 3.05) is 46.4 Å². The van der Waals surface area contributed by atoms with Gasteiger partial charge in [-0.3, -0.25) is 14.5 Å². The standard InChI is InChI=1S/C35H36N4O4/c1-43-33-24-27(12-13-32(33)40)34(41)38-16-14-29(15-17-38)37-18-20-39(21-19-37)35(42)28-22-30(25-8-4-2-5-9-25)36-31(23-28)26-10-6-3-7-11-26/h2-13,22-24,29,40H,14-21H2,1H3. The van der Waals surface area contributed by atoms with Crippen LogP contribution in [0.1, 0.15) is 33.6 Å². The normalized spacial score (nSPS) is 16.2. The summed E-state index contributed by atoms with van der Waals surface area (Å²) in [6.07, 6.45) is 1.78. The fourth-order valence-electron chi connectivity index (χ4n) is 6.07. The van der Waals surface area contributed by atoms with Gasteiger partial charge in [0.05, 0.1) is 18.5 Å². The third-order valence-corrected chi connectivity index (χ3v) is 8.51. The average molecular weight is 577 g/mol. The van der Waals surface area contributed by atoms with Gasteiger partial charge in [-0.1, -0.05) is 60.7 Å². The minimum absolute atomic E-state index is 0.0209. The minimum Gasteiger partial charge on any atom is -0.504 e. The Labute approximate surface area is 252 Å². The second kappa shape index (κ2) is 12.7. The average Bonchev–Trinajstić information content (AvgIpc) is 3.08. The van der Waals surface area contributed by atoms with Crippen molar-refractivity contribution >= 4 is 11.8 Å². The van der Waals surface area contributed by atoms with Crippen molar-refractivity contribution in [2.45, 2.75) is 18.9 Å². The van der Waals surface area contributed by atoms with E-state index in [1.54, 1.807) is 12.1 Å². The van der Waals surface area contributed by atoms with Crippen molar-refractivity contribution < 1.29 is 19.4 Å². The van der Waals surface area contributed by atoms with Gasteiger partial charge in [-0.05, 0) is 43.2 Å². The number of phenols is 1. The molecule has 1 N–H and O–H groups in total. The van der Waals surface area contributed by atoms with E-state index in [0.29, 0.717) is 49.1 Å². The molecule has 1 aromatic heterocycles. The van der Waals surface area contributed by atoms with Crippen LogP contribution in [0.5, 0.6) is 11.5 Å². The zero-order valence-electron chi connectivity index (χ0n) is 24.4. The molecule has 0 radical (unpaired) electrons. The van der Waals surface area contributed by atoms with Crippen LogP contribution in [0, 0.1) is 0 Å². The lowest BCUT2D eigenvalue weighted by atomic mass is 10.0. The van der Waals surface area contributed by atoms with Gasteiger partial charge in [-0.2, -0.15) is 0 Å². The van der Waals surface area contributed by atoms with Crippen LogP contribution in [-0.4, -0.2) is 89.0 Å². The van der Waals surface area contributed by atoms with Crippen molar-refractivity contribution in [1.29, 1.82) is 0 Å². The summed E-state index contributed by atoms with van der Waals surface area (Å²) in [4.78, 5) is 38.0. The molecule has 2 amide bonds. The molecule has 3 aromatic carbocycles. The fraction of sp³-hybridized carbons (Fsp3) is 0.286. The summed E-state index contributed by atoms with van der Waals surface area (Å²) in [5.41, 5.74) is 4.70. The first kappa shape index (κ1) is 28.4. The molecule has 0 unspecified atom stereocenters. The van der Waals surface area contributed by atoms with E-state index in [-0.39, 0.29) is 17.6 Å². The van der Waals surface area contributed by atoms with Crippen molar-refractivity contribution in [3.63, 3.8) is 0 Å². The second-order valence-electron chi connectivity index (χ2n) is 11.1. The number of carbonyl (C=O) groups excluding carboxylic acids is 2. The monoisotopic (exact) mass is 576 g/mol. The lowest BCUT2D eigenvalue weighted by Crippen LogP contribution is -2.54. The van der Waals surface area contributed by atoms with Crippen LogP contribution in [0.15, 0.2) is 91.0 Å². The molecule has 0 atom stereocenters. The first-order valence-corrected chi connectivity index (χ1v) is 14.8. The Morgan fingerprint density at radius 1 is 0.698 bits per heavy atom. The van der Waals surface area contributed by atoms with Gasteiger partial charge in [-0.15, -0.1) is 0 Å². The summed E-state index contributed by atoms with van der Waals surface area (Å²) in [6.45, 7) is 4.29. The van der Waals surface area contributed by atoms with Gasteiger partial charge in [0, 0.05) is 67.6 Å². The molecule has 2 saturated heterocycles. The number of nitrogens with zero attached hydrogens (tertiary/aromatic N) is 4. The number of likely N-dealkylation sites (tertiary alicyclic amines) is 1. The van der Waals surface area contributed by atoms with E-state index < -0.39 is 0 Å². The fourth-order valence-corrected chi connectivity index (χ4v) is 6.07. The minimum atomic E-state index is -0.0470. The third-order valence-electron chi connectivity index (χ3n) is 8.51. The molecule has 2 aliphatic rings. The first-order valence-electron chi connectivity index (χ1n) is 14.8. The SMILES string of the molecule is COc1cc(C(=O)N2CCC(N3CCN(C(=O)c4cc(-c5ccccc5)nc(-c5ccccc5)c4)CC3)CC2)ccc1O. The number of aromatic hydroxyl groups is 1. The van der Waals surface area contributed by atoms with Gasteiger partial charge in [0.2, 0.25) is 0 Å². The zero-order valence-corrected chi connectivity index (χ0v) is 24.4. The summed E-state index contributed by atoms with van der Waals surface area (Å²) in [5, 5.41) is 9.86. The molecule has 0 bridgehead atoms. The molecular formula is C35H36N4O4. The highest BCUT2D eigenvalue weighted by Gasteiger charge is 2.31. The third kappa shape index (κ3) is 6.24. The lowest BCUT2D eigenvalue weighted by molar-refractivity contribution is 0.0412. The Hall–Kier alpha value is -4.69. The number of carbonyl (C=O) groups is 2. The van der Waals surface area contributed by atoms with Crippen molar-refractivity contribution in [3.05, 3.63) is 102 Å². The number of methoxy groups -OCH3 is 1. The number of aromatic nitrogens is 1. The van der Waals surface area contributed by atoms with Crippen LogP contribution in [-0.2, 0) is 0 Å². The van der Waals surface area contributed by atoms with E-state index >= 15 is 0 Å². The van der Waals surface area contributed by atoms with E-state index in [2.05, 4.69) is 4.90 Å². The molecule has 8 heteroatoms. The highest BCUT2D eigenvalue weighted by molar-refractivity contribution is 5.96. The number of hydrogen-bond donors (Lipinski definition) is 1. The van der Waals surface area contributed by atoms with Crippen LogP contribution in [0.25, 0.3) is 22.5 Å². The topological polar surface area (TPSA) is 86.2 Å². The number of piperazine rings is 1. The summed E-state index contributed by atoms with van der Waals surface area (Å²) in [5.74, 6) is 0.301. The molecule has 43 heavy (non-hydrogen) atoms. The maximum Gasteiger partial charge on any atom is 0.254 e. The van der Waals surface area contributed by atoms with Crippen LogP contribution in [0.4, 0.5) is 0 Å². The smallest absolute Gasteiger partial charge is 0.254 e. The predicted molar refractivity (Wildman–Crippen MR) is 166 cm³/mol. The molecule has 0 saturated carbocycles. The maximum absolute atomic E-state index is 13.8. The van der Waals surface area contributed by atoms with E-state index in [1.165, 1.54) is 13.2 Å². The molecule has 4 aromatic rings. The quantitative estimate of drug-likeness (QED) is 0.340. The molecule has 3 heterocycles. The molecule has 220 valence electrons. The van der Waals surface area contributed by atoms with Crippen molar-refractivity contribution in [1.82, 2.24) is 19.7 Å². The number of amides is 2. The van der Waals surface area contributed by atoms with Gasteiger partial charge in [0.25, 0.3) is 11.8 Å². The molecular weight excluding hydrogens is 540 g/mol. The number of phenolic OH excluding ortho intramolecular Hbond substituents is 1. The summed E-state index contributed by atoms with van der Waals surface area (Å²) in [7, 11) is 1.48. The highest BCUT2D eigenvalue weighted by atomic mass is 16.5. The van der Waals surface area contributed by atoms with Gasteiger partial charge in [0.15, 0.2) is 11.5 Å². The molecule has 2 fully saturated rings. The first-order chi connectivity index (χ1) is 21.0. The molecule has 8 nitrogen and oxygen atoms in total. The Bertz CT molecular complexity index is 1520. The summed E-state index contributed by atoms with van der Waals surface area (Å²) < 4.78 is 5.17. The number of piperidine rings is 1. The lowest BCUT2D eigenvalue weighted by Gasteiger charge is -2.42. The number of ether oxygens (including phenoxy) is 1. The Balaban J connectivity index is 1.09. The van der Waals surface area contributed by atoms with Crippen LogP contribution in [0.3, 0.4) is 0 Å². The highest BCUT2D eigenvalue weighted by Crippen LogP contribution is 2.29. The van der Waals surface area contributed by atoms with E-state index in [4.69, 9.17) is 9.72 Å². The van der Waals surface area contributed by atoms with Gasteiger partial charge in [0.1, 0.15) is 0 Å². The van der Waals surface area contributed by atoms with Crippen molar-refractivity contribution in [2.24, 2.45) is 0 Å². The molecule has 2 aliphatic heterocycles. The maximum atomic E-state index is 13.8. The van der Waals surface area contributed by atoms with E-state index in [1.807, 2.05) is 82.6 Å². The van der Waals surface area contributed by atoms with Crippen LogP contribution in [0.2, 0.25) is 0 Å². The van der Waals surface area contributed by atoms with Crippen molar-refractivity contribution in [3.8, 4) is 34.0 Å². The number of hydrogen-bond acceptors (Lipinski definition) is 6. The Morgan fingerprint density at radius 2 is 1.23 bits per heavy atom. The largest absolute Gasteiger partial charge is 0.504 e. The van der Waals surface area contributed by atoms with Gasteiger partial charge >= 0.3 is 0 Å². The van der Waals surface area contributed by atoms with Crippen LogP contribution < -0.4 is 4.74 Å². The van der Waals surface area contributed by atoms with Gasteiger partial charge in [-0.25, -0.2) is 4.98 Å². The second-order valence-corrected chi connectivity index (χ2v) is 11.1. The number of pyridine rings is 1. The molecule has 0 aliphatic carbocycles. The molecule has 0 spiro atoms. The Kier molecular flexibility index (Phi) is 8.38. The predicted octanol–water partition coefficient (Wildman–Crippen LogP) is 5.19.